The molecule has 1 aliphatic heterocycles. The van der Waals surface area contributed by atoms with Gasteiger partial charge in [0.2, 0.25) is 0 Å². The highest BCUT2D eigenvalue weighted by molar-refractivity contribution is 6.06. The molecule has 6 nitrogen and oxygen atoms in total. The molecule has 2 aromatic carbocycles. The predicted molar refractivity (Wildman–Crippen MR) is 123 cm³/mol. The molecule has 0 atom stereocenters. The molecule has 0 bridgehead atoms. The molecule has 3 aromatic rings. The summed E-state index contributed by atoms with van der Waals surface area (Å²) in [6, 6.07) is 15.0. The van der Waals surface area contributed by atoms with E-state index in [0.29, 0.717) is 5.56 Å². The average Bonchev–Trinajstić information content (AvgIpc) is 3.13. The van der Waals surface area contributed by atoms with Crippen LogP contribution >= 0.6 is 0 Å². The van der Waals surface area contributed by atoms with Crippen LogP contribution < -0.4 is 5.32 Å². The zero-order chi connectivity index (χ0) is 24.3. The van der Waals surface area contributed by atoms with Crippen molar-refractivity contribution in [3.8, 4) is 0 Å². The Balaban J connectivity index is 0.000000344. The number of rotatable bonds is 3. The van der Waals surface area contributed by atoms with Gasteiger partial charge in [-0.15, -0.1) is 0 Å². The number of aliphatic carboxylic acids is 1. The van der Waals surface area contributed by atoms with Crippen LogP contribution in [0.25, 0.3) is 10.9 Å². The molecule has 5 rings (SSSR count). The Morgan fingerprint density at radius 2 is 1.71 bits per heavy atom. The Bertz CT molecular complexity index is 1180. The smallest absolute Gasteiger partial charge is 0.475 e. The lowest BCUT2D eigenvalue weighted by molar-refractivity contribution is -0.192. The fraction of sp³-hybridized carbons (Fsp3) is 0.360. The van der Waals surface area contributed by atoms with Crippen molar-refractivity contribution < 1.29 is 27.9 Å². The molecule has 1 aromatic heterocycles. The standard InChI is InChI=1S/C23H25N3O.C2HF3O2/c27-23(19-5-7-22-18(14-19)8-11-24-22)25-20-6-4-16-9-12-26(21-2-1-3-21)13-10-17(16)15-20;3-2(4,5)1(6)7/h4-8,11,14-15,21,24H,1-3,9-10,12-13H2,(H,25,27);(H,6,7). The van der Waals surface area contributed by atoms with Gasteiger partial charge < -0.3 is 15.4 Å². The molecule has 3 N–H and O–H groups in total. The first-order valence-corrected chi connectivity index (χ1v) is 11.2. The van der Waals surface area contributed by atoms with Crippen LogP contribution in [-0.2, 0) is 17.6 Å². The summed E-state index contributed by atoms with van der Waals surface area (Å²) in [4.78, 5) is 27.4. The van der Waals surface area contributed by atoms with Gasteiger partial charge in [0.05, 0.1) is 0 Å². The topological polar surface area (TPSA) is 85.4 Å². The van der Waals surface area contributed by atoms with Gasteiger partial charge in [-0.05, 0) is 73.2 Å². The monoisotopic (exact) mass is 473 g/mol. The first kappa shape index (κ1) is 23.8. The minimum Gasteiger partial charge on any atom is -0.475 e. The van der Waals surface area contributed by atoms with Crippen molar-refractivity contribution in [2.75, 3.05) is 18.4 Å². The number of fused-ring (bicyclic) bond motifs is 2. The van der Waals surface area contributed by atoms with Crippen molar-refractivity contribution in [1.82, 2.24) is 9.88 Å². The largest absolute Gasteiger partial charge is 0.490 e. The van der Waals surface area contributed by atoms with Crippen molar-refractivity contribution in [1.29, 1.82) is 0 Å². The van der Waals surface area contributed by atoms with E-state index in [9.17, 15) is 18.0 Å². The number of hydrogen-bond acceptors (Lipinski definition) is 3. The number of carbonyl (C=O) groups is 2. The molecule has 2 aliphatic rings. The third-order valence-corrected chi connectivity index (χ3v) is 6.45. The summed E-state index contributed by atoms with van der Waals surface area (Å²) in [5, 5.41) is 11.3. The van der Waals surface area contributed by atoms with E-state index in [2.05, 4.69) is 27.3 Å². The van der Waals surface area contributed by atoms with Gasteiger partial charge in [-0.2, -0.15) is 13.2 Å². The number of carboxylic acids is 1. The number of carbonyl (C=O) groups excluding carboxylic acids is 1. The minimum absolute atomic E-state index is 0.0530. The molecule has 9 heteroatoms. The summed E-state index contributed by atoms with van der Waals surface area (Å²) in [6.45, 7) is 2.30. The van der Waals surface area contributed by atoms with Crippen molar-refractivity contribution in [3.05, 3.63) is 65.4 Å². The Morgan fingerprint density at radius 3 is 2.35 bits per heavy atom. The number of nitrogens with zero attached hydrogens (tertiary/aromatic N) is 1. The highest BCUT2D eigenvalue weighted by atomic mass is 19.4. The summed E-state index contributed by atoms with van der Waals surface area (Å²) in [5.74, 6) is -2.81. The lowest BCUT2D eigenvalue weighted by atomic mass is 9.91. The maximum Gasteiger partial charge on any atom is 0.490 e. The number of hydrogen-bond donors (Lipinski definition) is 3. The number of benzene rings is 2. The molecular weight excluding hydrogens is 447 g/mol. The molecule has 0 spiro atoms. The molecule has 2 heterocycles. The molecule has 1 amide bonds. The number of alkyl halides is 3. The van der Waals surface area contributed by atoms with E-state index in [-0.39, 0.29) is 5.91 Å². The Morgan fingerprint density at radius 1 is 1.00 bits per heavy atom. The quantitative estimate of drug-likeness (QED) is 0.500. The predicted octanol–water partition coefficient (Wildman–Crippen LogP) is 5.01. The lowest BCUT2D eigenvalue weighted by Crippen LogP contribution is -2.41. The second-order valence-electron chi connectivity index (χ2n) is 8.64. The van der Waals surface area contributed by atoms with E-state index in [0.717, 1.165) is 42.0 Å². The van der Waals surface area contributed by atoms with E-state index >= 15 is 0 Å². The van der Waals surface area contributed by atoms with Gasteiger partial charge in [0, 0.05) is 47.5 Å². The number of nitrogens with one attached hydrogen (secondary N) is 2. The Hall–Kier alpha value is -3.33. The van der Waals surface area contributed by atoms with E-state index in [1.54, 1.807) is 0 Å². The zero-order valence-electron chi connectivity index (χ0n) is 18.5. The molecule has 180 valence electrons. The van der Waals surface area contributed by atoms with Crippen LogP contribution in [0.4, 0.5) is 18.9 Å². The van der Waals surface area contributed by atoms with Crippen LogP contribution in [-0.4, -0.2) is 52.2 Å². The normalized spacial score (nSPS) is 16.6. The minimum atomic E-state index is -5.08. The van der Waals surface area contributed by atoms with Crippen LogP contribution in [0.5, 0.6) is 0 Å². The molecule has 34 heavy (non-hydrogen) atoms. The molecule has 1 saturated carbocycles. The SMILES string of the molecule is O=C(Nc1ccc2c(c1)CCN(C1CCC1)CC2)c1ccc2[nH]ccc2c1.O=C(O)C(F)(F)F. The number of amides is 1. The Labute approximate surface area is 194 Å². The lowest BCUT2D eigenvalue weighted by Gasteiger charge is -2.36. The summed E-state index contributed by atoms with van der Waals surface area (Å²) in [6.07, 6.45) is 3.12. The average molecular weight is 473 g/mol. The molecule has 1 aliphatic carbocycles. The van der Waals surface area contributed by atoms with Crippen LogP contribution in [0.1, 0.15) is 40.7 Å². The number of aromatic amines is 1. The Kier molecular flexibility index (Phi) is 6.92. The third-order valence-electron chi connectivity index (χ3n) is 6.45. The van der Waals surface area contributed by atoms with Gasteiger partial charge in [-0.1, -0.05) is 12.5 Å². The molecule has 0 saturated heterocycles. The van der Waals surface area contributed by atoms with Gasteiger partial charge in [-0.3, -0.25) is 9.69 Å². The van der Waals surface area contributed by atoms with Gasteiger partial charge in [0.25, 0.3) is 5.91 Å². The fourth-order valence-electron chi connectivity index (χ4n) is 4.34. The second kappa shape index (κ2) is 9.89. The number of H-pyrrole nitrogens is 1. The number of halogens is 3. The van der Waals surface area contributed by atoms with Crippen LogP contribution in [0, 0.1) is 0 Å². The fourth-order valence-corrected chi connectivity index (χ4v) is 4.34. The van der Waals surface area contributed by atoms with E-state index < -0.39 is 12.1 Å². The van der Waals surface area contributed by atoms with Crippen molar-refractivity contribution in [2.45, 2.75) is 44.3 Å². The van der Waals surface area contributed by atoms with Crippen molar-refractivity contribution in [3.63, 3.8) is 0 Å². The first-order chi connectivity index (χ1) is 16.2. The van der Waals surface area contributed by atoms with Gasteiger partial charge in [-0.25, -0.2) is 4.79 Å². The summed E-state index contributed by atoms with van der Waals surface area (Å²) < 4.78 is 31.7. The second-order valence-corrected chi connectivity index (χ2v) is 8.64. The zero-order valence-corrected chi connectivity index (χ0v) is 18.5. The van der Waals surface area contributed by atoms with Crippen LogP contribution in [0.3, 0.4) is 0 Å². The third kappa shape index (κ3) is 5.59. The van der Waals surface area contributed by atoms with E-state index in [4.69, 9.17) is 9.90 Å². The molecular formula is C25H26F3N3O3. The first-order valence-electron chi connectivity index (χ1n) is 11.2. The summed E-state index contributed by atoms with van der Waals surface area (Å²) in [7, 11) is 0. The highest BCUT2D eigenvalue weighted by Gasteiger charge is 2.38. The van der Waals surface area contributed by atoms with E-state index in [1.807, 2.05) is 36.5 Å². The van der Waals surface area contributed by atoms with Gasteiger partial charge in [0.15, 0.2) is 0 Å². The molecule has 1 fully saturated rings. The van der Waals surface area contributed by atoms with Gasteiger partial charge >= 0.3 is 12.1 Å². The maximum absolute atomic E-state index is 12.7. The summed E-state index contributed by atoms with van der Waals surface area (Å²) >= 11 is 0. The van der Waals surface area contributed by atoms with Crippen LogP contribution in [0.2, 0.25) is 0 Å². The van der Waals surface area contributed by atoms with Crippen LogP contribution in [0.15, 0.2) is 48.7 Å². The van der Waals surface area contributed by atoms with E-state index in [1.165, 1.54) is 36.9 Å². The number of anilines is 1. The molecule has 0 unspecified atom stereocenters. The highest BCUT2D eigenvalue weighted by Crippen LogP contribution is 2.28. The molecule has 0 radical (unpaired) electrons. The number of aromatic nitrogens is 1. The summed E-state index contributed by atoms with van der Waals surface area (Å²) in [5.41, 5.74) is 5.45. The van der Waals surface area contributed by atoms with Crippen molar-refractivity contribution >= 4 is 28.5 Å². The number of carboxylic acid groups (broad SMARTS) is 1. The van der Waals surface area contributed by atoms with Gasteiger partial charge in [0.1, 0.15) is 0 Å². The van der Waals surface area contributed by atoms with Crippen molar-refractivity contribution in [2.24, 2.45) is 0 Å². The maximum atomic E-state index is 12.7.